The smallest absolute Gasteiger partial charge is 0.137 e. The maximum atomic E-state index is 6.40. The summed E-state index contributed by atoms with van der Waals surface area (Å²) in [6.45, 7) is 0. The van der Waals surface area contributed by atoms with Crippen molar-refractivity contribution < 1.29 is 4.42 Å². The Labute approximate surface area is 194 Å². The van der Waals surface area contributed by atoms with E-state index in [2.05, 4.69) is 89.5 Å². The zero-order chi connectivity index (χ0) is 22.2. The topological polar surface area (TPSA) is 31.0 Å². The highest BCUT2D eigenvalue weighted by Crippen LogP contribution is 2.46. The Bertz CT molecular complexity index is 2060. The number of fused-ring (bicyclic) bond motifs is 6. The van der Waals surface area contributed by atoms with Gasteiger partial charge in [-0.15, -0.1) is 0 Å². The van der Waals surface area contributed by atoms with Crippen molar-refractivity contribution in [2.75, 3.05) is 0 Å². The van der Waals surface area contributed by atoms with Crippen LogP contribution in [0.25, 0.3) is 71.1 Å². The van der Waals surface area contributed by atoms with Crippen molar-refractivity contribution in [2.24, 2.45) is 0 Å². The summed E-state index contributed by atoms with van der Waals surface area (Å²) in [5, 5.41) is 9.74. The molecule has 0 atom stereocenters. The van der Waals surface area contributed by atoms with E-state index in [1.54, 1.807) is 0 Å². The SMILES string of the molecule is c1ccc(-n2c3ccccc3c3c4cccc5oc6ccccc6c(c6cccc2c63)c54)nc1. The maximum Gasteiger partial charge on any atom is 0.137 e. The summed E-state index contributed by atoms with van der Waals surface area (Å²) < 4.78 is 8.69. The van der Waals surface area contributed by atoms with Gasteiger partial charge in [0.15, 0.2) is 0 Å². The van der Waals surface area contributed by atoms with Crippen LogP contribution in [-0.4, -0.2) is 9.55 Å². The molecule has 0 radical (unpaired) electrons. The van der Waals surface area contributed by atoms with Crippen LogP contribution in [0, 0.1) is 0 Å². The fraction of sp³-hybridized carbons (Fsp3) is 0. The summed E-state index contributed by atoms with van der Waals surface area (Å²) in [4.78, 5) is 4.73. The number of aromatic nitrogens is 2. The van der Waals surface area contributed by atoms with Crippen LogP contribution >= 0.6 is 0 Å². The van der Waals surface area contributed by atoms with E-state index in [0.29, 0.717) is 0 Å². The van der Waals surface area contributed by atoms with Crippen molar-refractivity contribution >= 4 is 65.3 Å². The standard InChI is InChI=1S/C31H18N2O/c1-3-13-23-19(9-1)28-22-12-8-16-26-31(22)29(20-10-2-4-15-25(20)34-26)21-11-7-14-24(30(21)28)33(23)27-17-5-6-18-32-27/h1-18H. The fourth-order valence-corrected chi connectivity index (χ4v) is 5.73. The van der Waals surface area contributed by atoms with E-state index in [0.717, 1.165) is 33.4 Å². The molecular weight excluding hydrogens is 416 g/mol. The predicted octanol–water partition coefficient (Wildman–Crippen LogP) is 8.38. The molecule has 3 nitrogen and oxygen atoms in total. The third-order valence-corrected chi connectivity index (χ3v) is 7.02. The first-order chi connectivity index (χ1) is 16.9. The van der Waals surface area contributed by atoms with Gasteiger partial charge in [0.1, 0.15) is 17.0 Å². The summed E-state index contributed by atoms with van der Waals surface area (Å²) >= 11 is 0. The van der Waals surface area contributed by atoms with Crippen LogP contribution in [0.4, 0.5) is 0 Å². The molecule has 34 heavy (non-hydrogen) atoms. The van der Waals surface area contributed by atoms with Crippen LogP contribution in [-0.2, 0) is 0 Å². The van der Waals surface area contributed by atoms with Crippen LogP contribution in [0.5, 0.6) is 0 Å². The molecular formula is C31H18N2O. The van der Waals surface area contributed by atoms with Gasteiger partial charge >= 0.3 is 0 Å². The van der Waals surface area contributed by atoms with E-state index >= 15 is 0 Å². The second-order valence-corrected chi connectivity index (χ2v) is 8.77. The summed E-state index contributed by atoms with van der Waals surface area (Å²) in [6, 6.07) is 36.1. The highest BCUT2D eigenvalue weighted by atomic mass is 16.3. The molecule has 0 bridgehead atoms. The molecule has 0 saturated carbocycles. The highest BCUT2D eigenvalue weighted by molar-refractivity contribution is 6.40. The van der Waals surface area contributed by atoms with Gasteiger partial charge in [0.05, 0.1) is 11.0 Å². The van der Waals surface area contributed by atoms with Crippen molar-refractivity contribution in [3.8, 4) is 5.82 Å². The van der Waals surface area contributed by atoms with Gasteiger partial charge in [-0.3, -0.25) is 4.57 Å². The first-order valence-corrected chi connectivity index (χ1v) is 11.5. The minimum Gasteiger partial charge on any atom is -0.456 e. The summed E-state index contributed by atoms with van der Waals surface area (Å²) in [6.07, 6.45) is 1.86. The van der Waals surface area contributed by atoms with Gasteiger partial charge in [-0.25, -0.2) is 4.98 Å². The monoisotopic (exact) mass is 434 g/mol. The number of benzene rings is 5. The number of rotatable bonds is 1. The number of nitrogens with zero attached hydrogens (tertiary/aromatic N) is 2. The average molecular weight is 434 g/mol. The molecule has 3 heterocycles. The van der Waals surface area contributed by atoms with E-state index in [1.165, 1.54) is 37.7 Å². The summed E-state index contributed by atoms with van der Waals surface area (Å²) in [5.74, 6) is 0.916. The van der Waals surface area contributed by atoms with Gasteiger partial charge in [-0.1, -0.05) is 66.7 Å². The van der Waals surface area contributed by atoms with Crippen molar-refractivity contribution in [3.63, 3.8) is 0 Å². The molecule has 0 fully saturated rings. The van der Waals surface area contributed by atoms with E-state index in [4.69, 9.17) is 9.40 Å². The van der Waals surface area contributed by atoms with Crippen LogP contribution in [0.1, 0.15) is 0 Å². The van der Waals surface area contributed by atoms with Crippen LogP contribution in [0.15, 0.2) is 114 Å². The Balaban J connectivity index is 1.79. The minimum absolute atomic E-state index is 0.904. The lowest BCUT2D eigenvalue weighted by Gasteiger charge is -2.21. The van der Waals surface area contributed by atoms with Gasteiger partial charge < -0.3 is 4.42 Å². The third kappa shape index (κ3) is 2.18. The number of hydrogen-bond donors (Lipinski definition) is 0. The second-order valence-electron chi connectivity index (χ2n) is 8.77. The molecule has 0 N–H and O–H groups in total. The summed E-state index contributed by atoms with van der Waals surface area (Å²) in [7, 11) is 0. The fourth-order valence-electron chi connectivity index (χ4n) is 5.73. The molecule has 0 aliphatic rings. The Kier molecular flexibility index (Phi) is 3.39. The molecule has 5 aromatic carbocycles. The van der Waals surface area contributed by atoms with Crippen LogP contribution in [0.2, 0.25) is 0 Å². The first-order valence-electron chi connectivity index (χ1n) is 11.5. The molecule has 0 unspecified atom stereocenters. The quantitative estimate of drug-likeness (QED) is 0.192. The highest BCUT2D eigenvalue weighted by Gasteiger charge is 2.21. The van der Waals surface area contributed by atoms with Crippen LogP contribution in [0.3, 0.4) is 0 Å². The van der Waals surface area contributed by atoms with Gasteiger partial charge in [0, 0.05) is 38.5 Å². The van der Waals surface area contributed by atoms with E-state index in [-0.39, 0.29) is 0 Å². The summed E-state index contributed by atoms with van der Waals surface area (Å²) in [5.41, 5.74) is 4.11. The average Bonchev–Trinajstić information content (AvgIpc) is 2.90. The molecule has 0 aliphatic carbocycles. The molecule has 8 rings (SSSR count). The van der Waals surface area contributed by atoms with Gasteiger partial charge in [-0.2, -0.15) is 0 Å². The molecule has 8 aromatic rings. The van der Waals surface area contributed by atoms with E-state index in [9.17, 15) is 0 Å². The second kappa shape index (κ2) is 6.46. The lowest BCUT2D eigenvalue weighted by molar-refractivity contribution is 0.662. The number of para-hydroxylation sites is 2. The first kappa shape index (κ1) is 17.9. The van der Waals surface area contributed by atoms with E-state index in [1.807, 2.05) is 24.4 Å². The molecule has 3 heteroatoms. The van der Waals surface area contributed by atoms with Crippen LogP contribution < -0.4 is 0 Å². The Hall–Kier alpha value is -4.63. The zero-order valence-electron chi connectivity index (χ0n) is 18.2. The lowest BCUT2D eigenvalue weighted by Crippen LogP contribution is -2.03. The van der Waals surface area contributed by atoms with Crippen molar-refractivity contribution in [1.82, 2.24) is 9.55 Å². The largest absolute Gasteiger partial charge is 0.456 e. The Morgan fingerprint density at radius 2 is 1.12 bits per heavy atom. The van der Waals surface area contributed by atoms with Crippen molar-refractivity contribution in [1.29, 1.82) is 0 Å². The Morgan fingerprint density at radius 1 is 0.471 bits per heavy atom. The molecule has 3 aromatic heterocycles. The third-order valence-electron chi connectivity index (χ3n) is 7.02. The molecule has 0 amide bonds. The molecule has 0 aliphatic heterocycles. The lowest BCUT2D eigenvalue weighted by atomic mass is 9.89. The molecule has 158 valence electrons. The Morgan fingerprint density at radius 3 is 2.00 bits per heavy atom. The van der Waals surface area contributed by atoms with Gasteiger partial charge in [0.25, 0.3) is 0 Å². The van der Waals surface area contributed by atoms with E-state index < -0.39 is 0 Å². The van der Waals surface area contributed by atoms with Crippen molar-refractivity contribution in [3.05, 3.63) is 109 Å². The zero-order valence-corrected chi connectivity index (χ0v) is 18.2. The molecule has 0 spiro atoms. The number of hydrogen-bond acceptors (Lipinski definition) is 2. The minimum atomic E-state index is 0.904. The van der Waals surface area contributed by atoms with Gasteiger partial charge in [0.2, 0.25) is 0 Å². The van der Waals surface area contributed by atoms with Gasteiger partial charge in [-0.05, 0) is 47.2 Å². The maximum absolute atomic E-state index is 6.40. The van der Waals surface area contributed by atoms with Crippen molar-refractivity contribution in [2.45, 2.75) is 0 Å². The molecule has 0 saturated heterocycles. The number of pyridine rings is 2. The predicted molar refractivity (Wildman–Crippen MR) is 141 cm³/mol. The normalized spacial score (nSPS) is 12.1.